The zero-order valence-corrected chi connectivity index (χ0v) is 18.5. The summed E-state index contributed by atoms with van der Waals surface area (Å²) < 4.78 is 2.35. The minimum absolute atomic E-state index is 0.130. The minimum Gasteiger partial charge on any atom is -0.867 e. The molecule has 0 atom stereocenters. The van der Waals surface area contributed by atoms with Gasteiger partial charge in [-0.2, -0.15) is 4.57 Å². The summed E-state index contributed by atoms with van der Waals surface area (Å²) in [5.41, 5.74) is 4.47. The van der Waals surface area contributed by atoms with Crippen molar-refractivity contribution in [3.05, 3.63) is 93.7 Å². The largest absolute Gasteiger partial charge is 0.867 e. The Morgan fingerprint density at radius 3 is 2.62 bits per heavy atom. The van der Waals surface area contributed by atoms with Gasteiger partial charge in [-0.1, -0.05) is 58.5 Å². The van der Waals surface area contributed by atoms with Gasteiger partial charge in [-0.25, -0.2) is 0 Å². The summed E-state index contributed by atoms with van der Waals surface area (Å²) in [4.78, 5) is 0.305. The first-order chi connectivity index (χ1) is 13.9. The van der Waals surface area contributed by atoms with Crippen molar-refractivity contribution in [2.45, 2.75) is 20.5 Å². The number of rotatable bonds is 5. The summed E-state index contributed by atoms with van der Waals surface area (Å²) in [7, 11) is 0. The number of thiocarbonyl (C=S) groups is 1. The van der Waals surface area contributed by atoms with E-state index in [1.54, 1.807) is 35.2 Å². The summed E-state index contributed by atoms with van der Waals surface area (Å²) in [6.45, 7) is 3.86. The van der Waals surface area contributed by atoms with Crippen LogP contribution in [0.25, 0.3) is 11.5 Å². The maximum Gasteiger partial charge on any atom is 0.238 e. The van der Waals surface area contributed by atoms with E-state index in [4.69, 9.17) is 12.2 Å². The highest BCUT2D eigenvalue weighted by molar-refractivity contribution is 9.10. The number of halogens is 1. The number of hydrogen-bond donors (Lipinski definition) is 2. The number of aromatic nitrogens is 1. The van der Waals surface area contributed by atoms with Gasteiger partial charge in [0.25, 0.3) is 0 Å². The molecule has 0 bridgehead atoms. The molecule has 3 aromatic rings. The first kappa shape index (κ1) is 21.2. The number of aryl methyl sites for hydroxylation is 2. The molecule has 29 heavy (non-hydrogen) atoms. The van der Waals surface area contributed by atoms with Crippen LogP contribution in [-0.4, -0.2) is 10.1 Å². The molecule has 0 spiro atoms. The Hall–Kier alpha value is -2.54. The number of pyridine rings is 1. The van der Waals surface area contributed by atoms with E-state index >= 15 is 0 Å². The van der Waals surface area contributed by atoms with Crippen LogP contribution in [0.3, 0.4) is 0 Å². The minimum atomic E-state index is -0.222. The highest BCUT2D eigenvalue weighted by atomic mass is 79.9. The smallest absolute Gasteiger partial charge is 0.238 e. The molecule has 6 heteroatoms. The van der Waals surface area contributed by atoms with Crippen molar-refractivity contribution in [3.8, 4) is 0 Å². The molecule has 148 valence electrons. The molecule has 1 heterocycles. The van der Waals surface area contributed by atoms with Crippen LogP contribution in [0, 0.1) is 13.8 Å². The van der Waals surface area contributed by atoms with Crippen LogP contribution >= 0.6 is 28.1 Å². The highest BCUT2D eigenvalue weighted by Gasteiger charge is 2.21. The Bertz CT molecular complexity index is 1100. The number of hydrogen-bond acceptors (Lipinski definition) is 3. The van der Waals surface area contributed by atoms with Gasteiger partial charge in [0.1, 0.15) is 0 Å². The SMILES string of the molecule is Cc1ccc(C)c(NC(=S)/C(=C(\[O-])c2ccccc2Br)[n+]2cccc(CO)c2)c1. The van der Waals surface area contributed by atoms with E-state index in [0.29, 0.717) is 26.3 Å². The molecule has 0 unspecified atom stereocenters. The van der Waals surface area contributed by atoms with Crippen molar-refractivity contribution >= 4 is 50.3 Å². The third-order valence-electron chi connectivity index (χ3n) is 4.49. The van der Waals surface area contributed by atoms with Crippen molar-refractivity contribution in [3.63, 3.8) is 0 Å². The van der Waals surface area contributed by atoms with Gasteiger partial charge in [0.2, 0.25) is 5.70 Å². The number of aliphatic hydroxyl groups is 1. The van der Waals surface area contributed by atoms with Crippen LogP contribution in [0.2, 0.25) is 0 Å². The molecule has 0 radical (unpaired) electrons. The molecular formula is C23H21BrN2O2S. The van der Waals surface area contributed by atoms with E-state index in [-0.39, 0.29) is 12.4 Å². The maximum atomic E-state index is 13.5. The number of nitrogens with one attached hydrogen (secondary N) is 1. The van der Waals surface area contributed by atoms with Crippen LogP contribution in [0.5, 0.6) is 0 Å². The molecule has 0 fully saturated rings. The molecular weight excluding hydrogens is 448 g/mol. The van der Waals surface area contributed by atoms with Crippen molar-refractivity contribution in [1.82, 2.24) is 0 Å². The van der Waals surface area contributed by atoms with Gasteiger partial charge in [0.15, 0.2) is 17.4 Å². The van der Waals surface area contributed by atoms with E-state index in [1.165, 1.54) is 0 Å². The van der Waals surface area contributed by atoms with Gasteiger partial charge >= 0.3 is 0 Å². The fourth-order valence-electron chi connectivity index (χ4n) is 2.92. The monoisotopic (exact) mass is 468 g/mol. The normalized spacial score (nSPS) is 11.7. The zero-order chi connectivity index (χ0) is 21.0. The third kappa shape index (κ3) is 4.90. The predicted octanol–water partition coefficient (Wildman–Crippen LogP) is 3.97. The Balaban J connectivity index is 2.14. The molecule has 3 rings (SSSR count). The fourth-order valence-corrected chi connectivity index (χ4v) is 3.69. The maximum absolute atomic E-state index is 13.5. The van der Waals surface area contributed by atoms with E-state index in [9.17, 15) is 10.2 Å². The second kappa shape index (κ2) is 9.31. The van der Waals surface area contributed by atoms with E-state index in [0.717, 1.165) is 16.8 Å². The molecule has 1 aromatic heterocycles. The van der Waals surface area contributed by atoms with Gasteiger partial charge < -0.3 is 15.5 Å². The standard InChI is InChI=1S/C23H21BrN2O2S/c1-15-9-10-16(2)20(12-15)25-23(29)21(26-11-5-6-17(13-26)14-27)22(28)18-7-3-4-8-19(18)24/h3-13,27H,14H2,1-2H3,(H-,25,28,29). The van der Waals surface area contributed by atoms with Crippen LogP contribution in [0.4, 0.5) is 5.69 Å². The van der Waals surface area contributed by atoms with Gasteiger partial charge in [0.05, 0.1) is 6.61 Å². The summed E-state index contributed by atoms with van der Waals surface area (Å²) in [5, 5.41) is 26.2. The van der Waals surface area contributed by atoms with Crippen LogP contribution < -0.4 is 15.0 Å². The van der Waals surface area contributed by atoms with Gasteiger partial charge in [-0.15, -0.1) is 0 Å². The topological polar surface area (TPSA) is 59.2 Å². The Morgan fingerprint density at radius 2 is 1.90 bits per heavy atom. The number of benzene rings is 2. The van der Waals surface area contributed by atoms with Gasteiger partial charge in [-0.3, -0.25) is 0 Å². The van der Waals surface area contributed by atoms with E-state index in [1.807, 2.05) is 50.2 Å². The van der Waals surface area contributed by atoms with E-state index in [2.05, 4.69) is 21.2 Å². The lowest BCUT2D eigenvalue weighted by molar-refractivity contribution is -0.578. The highest BCUT2D eigenvalue weighted by Crippen LogP contribution is 2.25. The van der Waals surface area contributed by atoms with Crippen LogP contribution in [0.15, 0.2) is 71.5 Å². The van der Waals surface area contributed by atoms with Crippen molar-refractivity contribution in [2.24, 2.45) is 0 Å². The second-order valence-corrected chi connectivity index (χ2v) is 7.97. The molecule has 0 aliphatic carbocycles. The molecule has 2 aromatic carbocycles. The number of nitrogens with zero attached hydrogens (tertiary/aromatic N) is 1. The van der Waals surface area contributed by atoms with Crippen molar-refractivity contribution < 1.29 is 14.8 Å². The Kier molecular flexibility index (Phi) is 6.79. The molecule has 0 aliphatic heterocycles. The first-order valence-electron chi connectivity index (χ1n) is 9.07. The molecule has 4 nitrogen and oxygen atoms in total. The Labute approximate surface area is 184 Å². The molecule has 0 amide bonds. The van der Waals surface area contributed by atoms with E-state index < -0.39 is 0 Å². The quantitative estimate of drug-likeness (QED) is 0.257. The van der Waals surface area contributed by atoms with Gasteiger partial charge in [-0.05, 0) is 54.5 Å². The number of anilines is 1. The third-order valence-corrected chi connectivity index (χ3v) is 5.48. The lowest BCUT2D eigenvalue weighted by atomic mass is 10.1. The predicted molar refractivity (Wildman–Crippen MR) is 122 cm³/mol. The fraction of sp³-hybridized carbons (Fsp3) is 0.130. The molecule has 0 saturated heterocycles. The second-order valence-electron chi connectivity index (χ2n) is 6.71. The van der Waals surface area contributed by atoms with Gasteiger partial charge in [0, 0.05) is 21.8 Å². The zero-order valence-electron chi connectivity index (χ0n) is 16.1. The molecule has 2 N–H and O–H groups in total. The average molecular weight is 469 g/mol. The lowest BCUT2D eigenvalue weighted by Crippen LogP contribution is -2.40. The van der Waals surface area contributed by atoms with Crippen molar-refractivity contribution in [1.29, 1.82) is 0 Å². The lowest BCUT2D eigenvalue weighted by Gasteiger charge is -2.19. The first-order valence-corrected chi connectivity index (χ1v) is 10.3. The average Bonchev–Trinajstić information content (AvgIpc) is 2.71. The number of aliphatic hydroxyl groups excluding tert-OH is 1. The summed E-state index contributed by atoms with van der Waals surface area (Å²) in [6, 6.07) is 16.8. The molecule has 0 aliphatic rings. The van der Waals surface area contributed by atoms with Crippen molar-refractivity contribution in [2.75, 3.05) is 5.32 Å². The molecule has 0 saturated carbocycles. The Morgan fingerprint density at radius 1 is 1.14 bits per heavy atom. The summed E-state index contributed by atoms with van der Waals surface area (Å²) >= 11 is 9.13. The summed E-state index contributed by atoms with van der Waals surface area (Å²) in [6.07, 6.45) is 3.46. The van der Waals surface area contributed by atoms with Crippen LogP contribution in [-0.2, 0) is 6.61 Å². The summed E-state index contributed by atoms with van der Waals surface area (Å²) in [5.74, 6) is -0.222. The van der Waals surface area contributed by atoms with Crippen LogP contribution in [0.1, 0.15) is 22.3 Å².